The zero-order chi connectivity index (χ0) is 15.6. The van der Waals surface area contributed by atoms with Crippen molar-refractivity contribution in [3.63, 3.8) is 0 Å². The van der Waals surface area contributed by atoms with Crippen LogP contribution in [0.25, 0.3) is 0 Å². The Labute approximate surface area is 135 Å². The van der Waals surface area contributed by atoms with E-state index in [4.69, 9.17) is 28.3 Å². The van der Waals surface area contributed by atoms with E-state index in [1.807, 2.05) is 0 Å². The molecule has 1 aromatic carbocycles. The summed E-state index contributed by atoms with van der Waals surface area (Å²) in [5.74, 6) is -1.27. The molecule has 0 unspecified atom stereocenters. The van der Waals surface area contributed by atoms with Gasteiger partial charge in [-0.25, -0.2) is 8.42 Å². The molecule has 0 amide bonds. The fraction of sp³-hybridized carbons (Fsp3) is 0.0833. The van der Waals surface area contributed by atoms with Gasteiger partial charge in [-0.1, -0.05) is 23.2 Å². The zero-order valence-corrected chi connectivity index (χ0v) is 13.5. The molecule has 9 heteroatoms. The predicted molar refractivity (Wildman–Crippen MR) is 82.9 cm³/mol. The summed E-state index contributed by atoms with van der Waals surface area (Å²) in [7, 11) is -4.00. The van der Waals surface area contributed by atoms with E-state index in [2.05, 4.69) is 0 Å². The van der Waals surface area contributed by atoms with Gasteiger partial charge in [0.2, 0.25) is 0 Å². The van der Waals surface area contributed by atoms with Gasteiger partial charge >= 0.3 is 5.97 Å². The summed E-state index contributed by atoms with van der Waals surface area (Å²) < 4.78 is 26.2. The molecule has 1 N–H and O–H groups in total. The summed E-state index contributed by atoms with van der Waals surface area (Å²) in [5, 5.41) is 9.38. The number of hydrogen-bond acceptors (Lipinski definition) is 4. The second-order valence-electron chi connectivity index (χ2n) is 3.94. The van der Waals surface area contributed by atoms with Crippen molar-refractivity contribution in [1.82, 2.24) is 0 Å². The smallest absolute Gasteiger partial charge is 0.324 e. The third-order valence-electron chi connectivity index (χ3n) is 2.49. The lowest BCUT2D eigenvalue weighted by Crippen LogP contribution is -2.35. The molecule has 0 saturated heterocycles. The summed E-state index contributed by atoms with van der Waals surface area (Å²) >= 11 is 12.4. The molecule has 0 atom stereocenters. The lowest BCUT2D eigenvalue weighted by atomic mass is 10.3. The SMILES string of the molecule is O=C(O)CN(c1ccc(Cl)cc1)S(=O)(=O)c1ccc(Cl)s1. The minimum atomic E-state index is -4.00. The maximum absolute atomic E-state index is 12.5. The maximum atomic E-state index is 12.5. The van der Waals surface area contributed by atoms with Gasteiger partial charge in [0, 0.05) is 5.02 Å². The van der Waals surface area contributed by atoms with Crippen LogP contribution in [0.1, 0.15) is 0 Å². The van der Waals surface area contributed by atoms with Crippen LogP contribution < -0.4 is 4.31 Å². The van der Waals surface area contributed by atoms with Gasteiger partial charge < -0.3 is 5.11 Å². The van der Waals surface area contributed by atoms with Gasteiger partial charge in [-0.3, -0.25) is 9.10 Å². The third kappa shape index (κ3) is 3.68. The summed E-state index contributed by atoms with van der Waals surface area (Å²) in [5.41, 5.74) is 0.214. The highest BCUT2D eigenvalue weighted by molar-refractivity contribution is 7.94. The maximum Gasteiger partial charge on any atom is 0.324 e. The van der Waals surface area contributed by atoms with Gasteiger partial charge in [-0.15, -0.1) is 11.3 Å². The molecule has 21 heavy (non-hydrogen) atoms. The summed E-state index contributed by atoms with van der Waals surface area (Å²) in [6.07, 6.45) is 0. The molecule has 0 aliphatic heterocycles. The number of thiophene rings is 1. The van der Waals surface area contributed by atoms with E-state index in [0.717, 1.165) is 15.6 Å². The first-order chi connectivity index (χ1) is 9.80. The second kappa shape index (κ2) is 6.23. The van der Waals surface area contributed by atoms with Crippen molar-refractivity contribution in [2.75, 3.05) is 10.8 Å². The standard InChI is InChI=1S/C12H9Cl2NO4S2/c13-8-1-3-9(4-2-8)15(7-11(16)17)21(18,19)12-6-5-10(14)20-12/h1-6H,7H2,(H,16,17). The number of sulfonamides is 1. The molecule has 0 fully saturated rings. The molecule has 0 aliphatic rings. The summed E-state index contributed by atoms with van der Waals surface area (Å²) in [4.78, 5) is 11.0. The Morgan fingerprint density at radius 2 is 1.76 bits per heavy atom. The number of halogens is 2. The lowest BCUT2D eigenvalue weighted by Gasteiger charge is -2.21. The number of benzene rings is 1. The number of carbonyl (C=O) groups is 1. The molecule has 0 spiro atoms. The van der Waals surface area contributed by atoms with E-state index in [9.17, 15) is 13.2 Å². The van der Waals surface area contributed by atoms with E-state index in [0.29, 0.717) is 9.36 Å². The van der Waals surface area contributed by atoms with Crippen LogP contribution in [0.3, 0.4) is 0 Å². The summed E-state index contributed by atoms with van der Waals surface area (Å²) in [6.45, 7) is -0.695. The van der Waals surface area contributed by atoms with Crippen LogP contribution in [0, 0.1) is 0 Å². The minimum Gasteiger partial charge on any atom is -0.480 e. The Balaban J connectivity index is 2.49. The van der Waals surface area contributed by atoms with Crippen molar-refractivity contribution in [3.8, 4) is 0 Å². The van der Waals surface area contributed by atoms with Crippen molar-refractivity contribution < 1.29 is 18.3 Å². The highest BCUT2D eigenvalue weighted by Crippen LogP contribution is 2.31. The van der Waals surface area contributed by atoms with Crippen LogP contribution in [-0.4, -0.2) is 26.0 Å². The number of carboxylic acid groups (broad SMARTS) is 1. The highest BCUT2D eigenvalue weighted by Gasteiger charge is 2.28. The van der Waals surface area contributed by atoms with Crippen molar-refractivity contribution in [2.45, 2.75) is 4.21 Å². The van der Waals surface area contributed by atoms with E-state index in [1.54, 1.807) is 0 Å². The van der Waals surface area contributed by atoms with Crippen molar-refractivity contribution in [2.24, 2.45) is 0 Å². The van der Waals surface area contributed by atoms with Crippen molar-refractivity contribution in [1.29, 1.82) is 0 Å². The normalized spacial score (nSPS) is 11.3. The molecule has 1 heterocycles. The number of carboxylic acids is 1. The Kier molecular flexibility index (Phi) is 4.77. The van der Waals surface area contributed by atoms with Gasteiger partial charge in [0.05, 0.1) is 10.0 Å². The molecular weight excluding hydrogens is 357 g/mol. The zero-order valence-electron chi connectivity index (χ0n) is 10.4. The van der Waals surface area contributed by atoms with E-state index < -0.39 is 22.5 Å². The van der Waals surface area contributed by atoms with E-state index in [-0.39, 0.29) is 9.90 Å². The molecule has 112 valence electrons. The molecule has 5 nitrogen and oxygen atoms in total. The molecule has 2 rings (SSSR count). The number of hydrogen-bond donors (Lipinski definition) is 1. The van der Waals surface area contributed by atoms with Crippen molar-refractivity contribution >= 4 is 56.2 Å². The lowest BCUT2D eigenvalue weighted by molar-refractivity contribution is -0.135. The van der Waals surface area contributed by atoms with Crippen LogP contribution in [0.15, 0.2) is 40.6 Å². The topological polar surface area (TPSA) is 74.7 Å². The number of anilines is 1. The fourth-order valence-corrected chi connectivity index (χ4v) is 4.73. The molecule has 0 radical (unpaired) electrons. The minimum absolute atomic E-state index is 0.0244. The quantitative estimate of drug-likeness (QED) is 0.881. The monoisotopic (exact) mass is 365 g/mol. The molecule has 2 aromatic rings. The average molecular weight is 366 g/mol. The predicted octanol–water partition coefficient (Wildman–Crippen LogP) is 3.33. The van der Waals surface area contributed by atoms with Crippen LogP contribution in [0.4, 0.5) is 5.69 Å². The first-order valence-electron chi connectivity index (χ1n) is 5.56. The van der Waals surface area contributed by atoms with Gasteiger partial charge in [0.25, 0.3) is 10.0 Å². The van der Waals surface area contributed by atoms with Crippen LogP contribution in [-0.2, 0) is 14.8 Å². The van der Waals surface area contributed by atoms with Crippen LogP contribution >= 0.6 is 34.5 Å². The Morgan fingerprint density at radius 1 is 1.14 bits per heavy atom. The Hall–Kier alpha value is -1.28. The number of aliphatic carboxylic acids is 1. The number of rotatable bonds is 5. The summed E-state index contributed by atoms with van der Waals surface area (Å²) in [6, 6.07) is 8.65. The average Bonchev–Trinajstić information content (AvgIpc) is 2.84. The number of nitrogens with zero attached hydrogens (tertiary/aromatic N) is 1. The van der Waals surface area contributed by atoms with Gasteiger partial charge in [-0.2, -0.15) is 0 Å². The third-order valence-corrected chi connectivity index (χ3v) is 6.21. The largest absolute Gasteiger partial charge is 0.480 e. The van der Waals surface area contributed by atoms with Gasteiger partial charge in [0.15, 0.2) is 0 Å². The van der Waals surface area contributed by atoms with E-state index >= 15 is 0 Å². The first-order valence-corrected chi connectivity index (χ1v) is 8.57. The van der Waals surface area contributed by atoms with E-state index in [1.165, 1.54) is 36.4 Å². The highest BCUT2D eigenvalue weighted by atomic mass is 35.5. The van der Waals surface area contributed by atoms with Gasteiger partial charge in [-0.05, 0) is 36.4 Å². The molecule has 0 bridgehead atoms. The van der Waals surface area contributed by atoms with Crippen molar-refractivity contribution in [3.05, 3.63) is 45.8 Å². The van der Waals surface area contributed by atoms with Crippen LogP contribution in [0.2, 0.25) is 9.36 Å². The molecule has 0 saturated carbocycles. The Bertz CT molecular complexity index is 756. The van der Waals surface area contributed by atoms with Gasteiger partial charge in [0.1, 0.15) is 10.8 Å². The fourth-order valence-electron chi connectivity index (χ4n) is 1.59. The molecular formula is C12H9Cl2NO4S2. The Morgan fingerprint density at radius 3 is 2.24 bits per heavy atom. The second-order valence-corrected chi connectivity index (χ2v) is 8.18. The molecule has 1 aromatic heterocycles. The van der Waals surface area contributed by atoms with Crippen LogP contribution in [0.5, 0.6) is 0 Å². The first kappa shape index (κ1) is 16.1. The molecule has 0 aliphatic carbocycles.